The molecule has 0 spiro atoms. The minimum atomic E-state index is 0.616. The van der Waals surface area contributed by atoms with Crippen LogP contribution in [0.3, 0.4) is 0 Å². The van der Waals surface area contributed by atoms with Crippen LogP contribution in [0, 0.1) is 5.92 Å². The number of hydrogen-bond acceptors (Lipinski definition) is 2. The van der Waals surface area contributed by atoms with Crippen LogP contribution in [-0.2, 0) is 0 Å². The molecule has 2 heteroatoms. The second kappa shape index (κ2) is 3.02. The second-order valence-electron chi connectivity index (χ2n) is 2.36. The molecule has 0 saturated carbocycles. The zero-order valence-corrected chi connectivity index (χ0v) is 6.84. The molecule has 1 rings (SSSR count). The van der Waals surface area contributed by atoms with E-state index in [0.717, 1.165) is 5.92 Å². The van der Waals surface area contributed by atoms with Crippen LogP contribution in [0.15, 0.2) is 0 Å². The molecule has 8 heavy (non-hydrogen) atoms. The zero-order valence-electron chi connectivity index (χ0n) is 5.13. The molecule has 48 valence electrons. The van der Waals surface area contributed by atoms with E-state index in [9.17, 15) is 0 Å². The van der Waals surface area contributed by atoms with E-state index in [1.54, 1.807) is 0 Å². The normalized spacial score (nSPS) is 33.0. The average Bonchev–Trinajstić information content (AvgIpc) is 2.12. The molecule has 1 aliphatic rings. The fraction of sp³-hybridized carbons (Fsp3) is 1.00. The van der Waals surface area contributed by atoms with E-state index in [1.165, 1.54) is 17.9 Å². The van der Waals surface area contributed by atoms with E-state index in [0.29, 0.717) is 5.25 Å². The van der Waals surface area contributed by atoms with Crippen molar-refractivity contribution in [2.45, 2.75) is 18.6 Å². The maximum Gasteiger partial charge on any atom is 0.00249 e. The summed E-state index contributed by atoms with van der Waals surface area (Å²) in [5, 5.41) is 0.616. The van der Waals surface area contributed by atoms with Crippen molar-refractivity contribution >= 4 is 24.4 Å². The molecule has 0 amide bonds. The fourth-order valence-corrected chi connectivity index (χ4v) is 2.72. The molecule has 1 fully saturated rings. The first-order valence-electron chi connectivity index (χ1n) is 3.06. The molecule has 0 bridgehead atoms. The highest BCUT2D eigenvalue weighted by atomic mass is 32.2. The summed E-state index contributed by atoms with van der Waals surface area (Å²) in [6.07, 6.45) is 1.38. The van der Waals surface area contributed by atoms with Gasteiger partial charge in [0.15, 0.2) is 0 Å². The Morgan fingerprint density at radius 2 is 2.50 bits per heavy atom. The minimum Gasteiger partial charge on any atom is -0.176 e. The summed E-state index contributed by atoms with van der Waals surface area (Å²) in [7, 11) is 0. The van der Waals surface area contributed by atoms with Crippen molar-refractivity contribution in [1.29, 1.82) is 0 Å². The highest BCUT2D eigenvalue weighted by molar-refractivity contribution is 7.99. The van der Waals surface area contributed by atoms with E-state index in [4.69, 9.17) is 0 Å². The number of thioether (sulfide) groups is 1. The third-order valence-electron chi connectivity index (χ3n) is 1.65. The molecule has 2 atom stereocenters. The minimum absolute atomic E-state index is 0.616. The lowest BCUT2D eigenvalue weighted by Crippen LogP contribution is -2.09. The highest BCUT2D eigenvalue weighted by Gasteiger charge is 2.18. The van der Waals surface area contributed by atoms with Crippen LogP contribution in [0.2, 0.25) is 0 Å². The standard InChI is InChI=1S/C6H12S2/c1-5(7)6-2-3-8-4-6/h5-7H,2-4H2,1H3. The fourth-order valence-electron chi connectivity index (χ4n) is 0.933. The van der Waals surface area contributed by atoms with Crippen molar-refractivity contribution in [2.75, 3.05) is 11.5 Å². The van der Waals surface area contributed by atoms with Gasteiger partial charge in [-0.2, -0.15) is 24.4 Å². The van der Waals surface area contributed by atoms with Gasteiger partial charge in [-0.25, -0.2) is 0 Å². The van der Waals surface area contributed by atoms with Gasteiger partial charge in [-0.05, 0) is 23.8 Å². The quantitative estimate of drug-likeness (QED) is 0.555. The highest BCUT2D eigenvalue weighted by Crippen LogP contribution is 2.28. The maximum atomic E-state index is 4.38. The van der Waals surface area contributed by atoms with Crippen molar-refractivity contribution in [3.63, 3.8) is 0 Å². The van der Waals surface area contributed by atoms with E-state index in [-0.39, 0.29) is 0 Å². The first-order valence-corrected chi connectivity index (χ1v) is 4.73. The molecular formula is C6H12S2. The number of rotatable bonds is 1. The molecule has 0 N–H and O–H groups in total. The van der Waals surface area contributed by atoms with Gasteiger partial charge in [-0.3, -0.25) is 0 Å². The lowest BCUT2D eigenvalue weighted by molar-refractivity contribution is 0.595. The van der Waals surface area contributed by atoms with Gasteiger partial charge in [0, 0.05) is 5.25 Å². The van der Waals surface area contributed by atoms with Crippen molar-refractivity contribution < 1.29 is 0 Å². The molecule has 0 aromatic heterocycles. The first-order chi connectivity index (χ1) is 3.80. The summed E-state index contributed by atoms with van der Waals surface area (Å²) in [4.78, 5) is 0. The third-order valence-corrected chi connectivity index (χ3v) is 3.26. The van der Waals surface area contributed by atoms with E-state index in [2.05, 4.69) is 31.3 Å². The van der Waals surface area contributed by atoms with Gasteiger partial charge in [-0.15, -0.1) is 0 Å². The summed E-state index contributed by atoms with van der Waals surface area (Å²) in [5.41, 5.74) is 0. The second-order valence-corrected chi connectivity index (χ2v) is 4.33. The lowest BCUT2D eigenvalue weighted by atomic mass is 10.1. The number of hydrogen-bond donors (Lipinski definition) is 1. The van der Waals surface area contributed by atoms with Crippen LogP contribution >= 0.6 is 24.4 Å². The molecule has 0 aromatic carbocycles. The summed E-state index contributed by atoms with van der Waals surface area (Å²) in [6.45, 7) is 2.19. The van der Waals surface area contributed by atoms with E-state index in [1.807, 2.05) is 0 Å². The molecule has 2 unspecified atom stereocenters. The first kappa shape index (κ1) is 6.81. The molecule has 0 nitrogen and oxygen atoms in total. The molecule has 0 aromatic rings. The molecule has 0 aliphatic carbocycles. The van der Waals surface area contributed by atoms with Crippen LogP contribution in [-0.4, -0.2) is 16.8 Å². The van der Waals surface area contributed by atoms with Crippen molar-refractivity contribution in [2.24, 2.45) is 5.92 Å². The molecule has 0 radical (unpaired) electrons. The van der Waals surface area contributed by atoms with Gasteiger partial charge >= 0.3 is 0 Å². The van der Waals surface area contributed by atoms with Gasteiger partial charge in [0.2, 0.25) is 0 Å². The Hall–Kier alpha value is 0.700. The Kier molecular flexibility index (Phi) is 2.57. The Bertz CT molecular complexity index is 64.9. The number of thiol groups is 1. The summed E-state index contributed by atoms with van der Waals surface area (Å²) < 4.78 is 0. The monoisotopic (exact) mass is 148 g/mol. The van der Waals surface area contributed by atoms with E-state index >= 15 is 0 Å². The predicted octanol–water partition coefficient (Wildman–Crippen LogP) is 2.06. The van der Waals surface area contributed by atoms with Crippen molar-refractivity contribution in [3.05, 3.63) is 0 Å². The van der Waals surface area contributed by atoms with Crippen LogP contribution < -0.4 is 0 Å². The Balaban J connectivity index is 2.24. The van der Waals surface area contributed by atoms with Crippen LogP contribution in [0.4, 0.5) is 0 Å². The van der Waals surface area contributed by atoms with Crippen LogP contribution in [0.1, 0.15) is 13.3 Å². The van der Waals surface area contributed by atoms with Gasteiger partial charge in [0.05, 0.1) is 0 Å². The Morgan fingerprint density at radius 3 is 2.75 bits per heavy atom. The van der Waals surface area contributed by atoms with Crippen LogP contribution in [0.25, 0.3) is 0 Å². The topological polar surface area (TPSA) is 0 Å². The van der Waals surface area contributed by atoms with Crippen molar-refractivity contribution in [3.8, 4) is 0 Å². The summed E-state index contributed by atoms with van der Waals surface area (Å²) >= 11 is 6.44. The van der Waals surface area contributed by atoms with Gasteiger partial charge < -0.3 is 0 Å². The van der Waals surface area contributed by atoms with Crippen LogP contribution in [0.5, 0.6) is 0 Å². The molecule has 1 aliphatic heterocycles. The average molecular weight is 148 g/mol. The largest absolute Gasteiger partial charge is 0.176 e. The Morgan fingerprint density at radius 1 is 1.75 bits per heavy atom. The molecule has 1 saturated heterocycles. The predicted molar refractivity (Wildman–Crippen MR) is 43.9 cm³/mol. The third kappa shape index (κ3) is 1.59. The maximum absolute atomic E-state index is 4.38. The smallest absolute Gasteiger partial charge is 0.00249 e. The summed E-state index contributed by atoms with van der Waals surface area (Å²) in [5.74, 6) is 3.59. The molecular weight excluding hydrogens is 136 g/mol. The van der Waals surface area contributed by atoms with Gasteiger partial charge in [0.25, 0.3) is 0 Å². The molecule has 1 heterocycles. The van der Waals surface area contributed by atoms with Gasteiger partial charge in [0.1, 0.15) is 0 Å². The van der Waals surface area contributed by atoms with Crippen molar-refractivity contribution in [1.82, 2.24) is 0 Å². The zero-order chi connectivity index (χ0) is 5.98. The summed E-state index contributed by atoms with van der Waals surface area (Å²) in [6, 6.07) is 0. The van der Waals surface area contributed by atoms with E-state index < -0.39 is 0 Å². The van der Waals surface area contributed by atoms with Gasteiger partial charge in [-0.1, -0.05) is 6.92 Å². The lowest BCUT2D eigenvalue weighted by Gasteiger charge is -2.09. The Labute approximate surface area is 60.8 Å². The SMILES string of the molecule is CC(S)C1CCSC1.